The number of carbonyl (C=O) groups excluding carboxylic acids is 9. The average Bonchev–Trinajstić information content (AvgIpc) is 3.89. The fraction of sp³-hybridized carbons (Fsp3) is 0.698. The van der Waals surface area contributed by atoms with Crippen LogP contribution in [0.2, 0.25) is 0 Å². The number of rotatable bonds is 32. The van der Waals surface area contributed by atoms with Crippen molar-refractivity contribution in [2.75, 3.05) is 19.8 Å². The number of aromatic nitrogens is 2. The van der Waals surface area contributed by atoms with Crippen LogP contribution in [0.25, 0.3) is 0 Å². The molecule has 1 aromatic rings. The number of unbranched alkanes of at least 4 members (excludes halogenated alkanes) is 1. The highest BCUT2D eigenvalue weighted by Crippen LogP contribution is 2.57. The number of carboxylic acid groups (broad SMARTS) is 2. The third-order valence-electron chi connectivity index (χ3n) is 12.0. The predicted molar refractivity (Wildman–Crippen MR) is 259 cm³/mol. The van der Waals surface area contributed by atoms with Crippen LogP contribution in [0.5, 0.6) is 0 Å². The zero-order chi connectivity index (χ0) is 62.1. The second kappa shape index (κ2) is 31.5. The van der Waals surface area contributed by atoms with Gasteiger partial charge < -0.3 is 112 Å². The first-order valence-electron chi connectivity index (χ1n) is 25.0. The van der Waals surface area contributed by atoms with Gasteiger partial charge in [0.15, 0.2) is 18.6 Å². The summed E-state index contributed by atoms with van der Waals surface area (Å²) in [6.45, 7) is 4.61. The number of aliphatic carboxylic acids is 2. The van der Waals surface area contributed by atoms with Crippen LogP contribution in [0.15, 0.2) is 21.9 Å². The van der Waals surface area contributed by atoms with E-state index in [4.69, 9.17) is 18.7 Å². The van der Waals surface area contributed by atoms with E-state index in [2.05, 4.69) is 51.8 Å². The molecule has 2 aliphatic heterocycles. The van der Waals surface area contributed by atoms with Crippen molar-refractivity contribution in [2.45, 2.75) is 171 Å². The monoisotopic (exact) mass is 1220 g/mol. The largest absolute Gasteiger partial charge is 0.756 e. The number of aromatic amines is 1. The predicted octanol–water partition coefficient (Wildman–Crippen LogP) is -11.8. The molecule has 2 saturated heterocycles. The molecular formula is C43H67N10O27P2-3. The summed E-state index contributed by atoms with van der Waals surface area (Å²) in [4.78, 5) is 164. The van der Waals surface area contributed by atoms with Crippen molar-refractivity contribution in [3.05, 3.63) is 33.1 Å². The number of nitrogens with one attached hydrogen (secondary N) is 8. The molecular weight excluding hydrogens is 1150 g/mol. The lowest BCUT2D eigenvalue weighted by molar-refractivity contribution is -0.398. The molecule has 15 N–H and O–H groups in total. The van der Waals surface area contributed by atoms with Crippen molar-refractivity contribution in [1.82, 2.24) is 46.8 Å². The first-order chi connectivity index (χ1) is 38.1. The van der Waals surface area contributed by atoms with E-state index in [0.717, 1.165) is 40.0 Å². The highest BCUT2D eigenvalue weighted by atomic mass is 31.3. The van der Waals surface area contributed by atoms with Crippen molar-refractivity contribution in [2.24, 2.45) is 0 Å². The van der Waals surface area contributed by atoms with Gasteiger partial charge in [0.05, 0.1) is 37.2 Å². The maximum Gasteiger partial charge on any atom is 0.330 e. The Morgan fingerprint density at radius 3 is 1.94 bits per heavy atom. The van der Waals surface area contributed by atoms with Gasteiger partial charge in [0, 0.05) is 32.2 Å². The first-order valence-corrected chi connectivity index (χ1v) is 27.9. The summed E-state index contributed by atoms with van der Waals surface area (Å²) in [6, 6.07) is -9.38. The summed E-state index contributed by atoms with van der Waals surface area (Å²) in [5.74, 6) is -10.00. The molecule has 0 aliphatic carbocycles. The number of carbonyl (C=O) groups is 9. The number of quaternary nitrogens is 1. The van der Waals surface area contributed by atoms with E-state index >= 15 is 0 Å². The number of ether oxygens (including phenoxy) is 3. The molecule has 3 heterocycles. The maximum absolute atomic E-state index is 13.4. The van der Waals surface area contributed by atoms with E-state index in [9.17, 15) is 102 Å². The molecule has 464 valence electrons. The van der Waals surface area contributed by atoms with Crippen molar-refractivity contribution < 1.29 is 126 Å². The number of nitrogens with zero attached hydrogens (tertiary/aromatic N) is 1. The number of phosphoric acid groups is 2. The lowest BCUT2D eigenvalue weighted by Gasteiger charge is -2.46. The molecule has 1 aromatic heterocycles. The molecule has 0 spiro atoms. The van der Waals surface area contributed by atoms with E-state index in [1.807, 2.05) is 4.98 Å². The van der Waals surface area contributed by atoms with Crippen LogP contribution >= 0.6 is 15.6 Å². The van der Waals surface area contributed by atoms with Gasteiger partial charge in [-0.1, -0.05) is 0 Å². The molecule has 37 nitrogen and oxygen atoms in total. The van der Waals surface area contributed by atoms with Gasteiger partial charge in [-0.2, -0.15) is 0 Å². The van der Waals surface area contributed by atoms with E-state index in [1.165, 1.54) is 6.92 Å². The van der Waals surface area contributed by atoms with Gasteiger partial charge >= 0.3 is 5.69 Å². The Labute approximate surface area is 464 Å². The van der Waals surface area contributed by atoms with Crippen molar-refractivity contribution in [1.29, 1.82) is 0 Å². The molecule has 39 heteroatoms. The quantitative estimate of drug-likeness (QED) is 0.0235. The Morgan fingerprint density at radius 1 is 0.756 bits per heavy atom. The fourth-order valence-corrected chi connectivity index (χ4v) is 9.66. The number of amides is 7. The Hall–Kier alpha value is -6.15. The lowest BCUT2D eigenvalue weighted by Crippen LogP contribution is -2.66. The molecule has 0 aromatic carbocycles. The van der Waals surface area contributed by atoms with Gasteiger partial charge in [-0.25, -0.2) is 9.11 Å². The topological polar surface area (TPSA) is 583 Å². The van der Waals surface area contributed by atoms with Crippen molar-refractivity contribution >= 4 is 68.9 Å². The summed E-state index contributed by atoms with van der Waals surface area (Å²) in [5.41, 5.74) is 1.67. The van der Waals surface area contributed by atoms with E-state index in [1.54, 1.807) is 6.92 Å². The number of carboxylic acids is 2. The number of aliphatic hydroxyl groups excluding tert-OH is 4. The minimum atomic E-state index is -6.28. The van der Waals surface area contributed by atoms with Crippen molar-refractivity contribution in [3.8, 4) is 0 Å². The van der Waals surface area contributed by atoms with Crippen LogP contribution in [0.1, 0.15) is 79.9 Å². The summed E-state index contributed by atoms with van der Waals surface area (Å²) >= 11 is 0. The van der Waals surface area contributed by atoms with Crippen molar-refractivity contribution in [3.63, 3.8) is 0 Å². The fourth-order valence-electron chi connectivity index (χ4n) is 7.58. The smallest absolute Gasteiger partial charge is 0.330 e. The normalized spacial score (nSPS) is 25.6. The zero-order valence-corrected chi connectivity index (χ0v) is 46.6. The molecule has 0 saturated carbocycles. The molecule has 0 radical (unpaired) electrons. The minimum Gasteiger partial charge on any atom is -0.756 e. The molecule has 7 amide bonds. The van der Waals surface area contributed by atoms with Gasteiger partial charge in [0.1, 0.15) is 66.9 Å². The SMILES string of the molecule is CC(=O)N[C@H]1[C@@H](OP(=O)([O-])OP(=O)([O-])OC[C@H]2O[C@@H](n3ccc(=O)[nH]c3=O)[C@H](O)[C@@H]2O)O[C@H](CO)[C@@H](O)[C@@H]1O[C@H](C)C(=O)N[C@@H](C)C(=O)N[C@H](CCC(=O)N[C@@H](CCCCNC(=O)[C@H](C)[NH3+])C(=O)N[C@H](C)C(=O)N[C@H](C)C(=O)[O-])C(=O)[O-]. The highest BCUT2D eigenvalue weighted by Gasteiger charge is 2.50. The Bertz CT molecular complexity index is 2660. The summed E-state index contributed by atoms with van der Waals surface area (Å²) in [7, 11) is -12.4. The van der Waals surface area contributed by atoms with Crippen LogP contribution in [0, 0.1) is 0 Å². The van der Waals surface area contributed by atoms with Gasteiger partial charge in [-0.3, -0.25) is 61.6 Å². The summed E-state index contributed by atoms with van der Waals surface area (Å²) < 4.78 is 56.1. The average molecular weight is 1220 g/mol. The third-order valence-corrected chi connectivity index (χ3v) is 14.6. The zero-order valence-electron chi connectivity index (χ0n) is 44.8. The molecule has 2 fully saturated rings. The maximum atomic E-state index is 13.4. The van der Waals surface area contributed by atoms with Crippen LogP contribution in [0.3, 0.4) is 0 Å². The third kappa shape index (κ3) is 21.6. The standard InChI is InChI=1S/C43H70N10O27P2/c1-17(44)34(61)45-13-8-7-9-23(38(65)47-18(2)35(62)48-20(4)40(66)67)50-27(56)11-10-24(41(68)69)51-36(63)19(3)46-37(64)21(5)76-33-29(49-22(6)55)42(78-25(15-54)31(33)59)79-82(73,74)80-81(71,72)75-16-26-30(58)32(60)39(77-26)53-14-12-28(57)52-43(53)70/h12,14,17-21,23-26,29-33,39,42,54,58-60H,7-11,13,15-16,44H2,1-6H3,(H,45,61)(H,46,64)(H,47,65)(H,48,62)(H,49,55)(H,50,56)(H,51,63)(H,66,67)(H,68,69)(H,71,72)(H,73,74)(H,52,57,70)/p-3/t17-,18+,19-,20+,21+,23-,24+,25+,26+,29+,30+,31+,32+,33+,39+,42+/m0/s1. The van der Waals surface area contributed by atoms with Gasteiger partial charge in [0.25, 0.3) is 27.1 Å². The molecule has 82 heavy (non-hydrogen) atoms. The molecule has 3 rings (SSSR count). The number of hydrogen-bond donors (Lipinski definition) is 13. The Morgan fingerprint density at radius 2 is 1.37 bits per heavy atom. The second-order valence-electron chi connectivity index (χ2n) is 18.9. The minimum absolute atomic E-state index is 0.0778. The second-order valence-corrected chi connectivity index (χ2v) is 21.8. The van der Waals surface area contributed by atoms with Crippen LogP contribution < -0.4 is 74.2 Å². The van der Waals surface area contributed by atoms with Crippen LogP contribution in [-0.2, 0) is 79.8 Å². The highest BCUT2D eigenvalue weighted by molar-refractivity contribution is 7.59. The van der Waals surface area contributed by atoms with E-state index in [0.29, 0.717) is 11.0 Å². The van der Waals surface area contributed by atoms with Gasteiger partial charge in [-0.15, -0.1) is 0 Å². The number of hydrogen-bond acceptors (Lipinski definition) is 27. The number of phosphoric ester groups is 2. The van der Waals surface area contributed by atoms with Gasteiger partial charge in [0.2, 0.25) is 35.4 Å². The summed E-state index contributed by atoms with van der Waals surface area (Å²) in [6.07, 6.45) is -17.6. The molecule has 2 aliphatic rings. The van der Waals surface area contributed by atoms with E-state index in [-0.39, 0.29) is 25.3 Å². The first kappa shape index (κ1) is 70.1. The summed E-state index contributed by atoms with van der Waals surface area (Å²) in [5, 5.41) is 81.0. The molecule has 0 bridgehead atoms. The van der Waals surface area contributed by atoms with Gasteiger partial charge in [-0.05, 0) is 60.3 Å². The van der Waals surface area contributed by atoms with Crippen LogP contribution in [0.4, 0.5) is 0 Å². The number of aliphatic hydroxyl groups is 4. The Kier molecular flexibility index (Phi) is 26.9. The lowest BCUT2D eigenvalue weighted by atomic mass is 9.96. The van der Waals surface area contributed by atoms with Crippen LogP contribution in [-0.4, -0.2) is 194 Å². The molecule has 2 unspecified atom stereocenters. The molecule has 18 atom stereocenters. The number of H-pyrrole nitrogens is 1. The van der Waals surface area contributed by atoms with E-state index < -0.39 is 198 Å². The Balaban J connectivity index is 1.66.